The Bertz CT molecular complexity index is 333. The highest BCUT2D eigenvalue weighted by atomic mass is 15.1. The molecule has 2 heteroatoms. The SMILES string of the molecule is CNCCCc1ccc2c(c1)N(C)CC2. The van der Waals surface area contributed by atoms with Gasteiger partial charge < -0.3 is 10.2 Å². The maximum Gasteiger partial charge on any atom is 0.0399 e. The van der Waals surface area contributed by atoms with Crippen LogP contribution in [-0.2, 0) is 12.8 Å². The highest BCUT2D eigenvalue weighted by Crippen LogP contribution is 2.27. The van der Waals surface area contributed by atoms with Gasteiger partial charge in [0.1, 0.15) is 0 Å². The van der Waals surface area contributed by atoms with Crippen molar-refractivity contribution in [2.45, 2.75) is 19.3 Å². The molecule has 0 radical (unpaired) electrons. The predicted molar refractivity (Wildman–Crippen MR) is 65.7 cm³/mol. The average molecular weight is 204 g/mol. The molecule has 82 valence electrons. The molecule has 1 heterocycles. The van der Waals surface area contributed by atoms with Crippen LogP contribution in [0, 0.1) is 0 Å². The summed E-state index contributed by atoms with van der Waals surface area (Å²) in [6, 6.07) is 6.94. The largest absolute Gasteiger partial charge is 0.374 e. The molecule has 1 aromatic rings. The summed E-state index contributed by atoms with van der Waals surface area (Å²) in [6.45, 7) is 2.28. The normalized spacial score (nSPS) is 14.4. The first-order valence-electron chi connectivity index (χ1n) is 5.79. The summed E-state index contributed by atoms with van der Waals surface area (Å²) < 4.78 is 0. The number of nitrogens with zero attached hydrogens (tertiary/aromatic N) is 1. The maximum atomic E-state index is 3.19. The molecule has 0 spiro atoms. The molecule has 0 bridgehead atoms. The van der Waals surface area contributed by atoms with Gasteiger partial charge in [-0.25, -0.2) is 0 Å². The molecule has 0 atom stereocenters. The Balaban J connectivity index is 2.05. The van der Waals surface area contributed by atoms with Crippen LogP contribution in [0.4, 0.5) is 5.69 Å². The zero-order valence-electron chi connectivity index (χ0n) is 9.71. The van der Waals surface area contributed by atoms with Crippen LogP contribution in [0.25, 0.3) is 0 Å². The zero-order valence-corrected chi connectivity index (χ0v) is 9.71. The van der Waals surface area contributed by atoms with Crippen molar-refractivity contribution < 1.29 is 0 Å². The van der Waals surface area contributed by atoms with Gasteiger partial charge >= 0.3 is 0 Å². The van der Waals surface area contributed by atoms with Gasteiger partial charge in [-0.15, -0.1) is 0 Å². The molecule has 0 saturated heterocycles. The first kappa shape index (κ1) is 10.5. The minimum atomic E-state index is 1.10. The number of hydrogen-bond acceptors (Lipinski definition) is 2. The second kappa shape index (κ2) is 4.67. The third-order valence-electron chi connectivity index (χ3n) is 3.17. The number of rotatable bonds is 4. The summed E-state index contributed by atoms with van der Waals surface area (Å²) >= 11 is 0. The molecule has 0 unspecified atom stereocenters. The molecule has 15 heavy (non-hydrogen) atoms. The van der Waals surface area contributed by atoms with Crippen molar-refractivity contribution in [1.29, 1.82) is 0 Å². The fourth-order valence-corrected chi connectivity index (χ4v) is 2.21. The van der Waals surface area contributed by atoms with E-state index in [1.807, 2.05) is 7.05 Å². The van der Waals surface area contributed by atoms with Crippen molar-refractivity contribution >= 4 is 5.69 Å². The standard InChI is InChI=1S/C13H20N2/c1-14-8-3-4-11-5-6-12-7-9-15(2)13(12)10-11/h5-6,10,14H,3-4,7-9H2,1-2H3. The van der Waals surface area contributed by atoms with Crippen molar-refractivity contribution in [3.05, 3.63) is 29.3 Å². The Hall–Kier alpha value is -1.02. The molecule has 2 nitrogen and oxygen atoms in total. The van der Waals surface area contributed by atoms with Gasteiger partial charge in [-0.1, -0.05) is 12.1 Å². The molecule has 0 aromatic heterocycles. The van der Waals surface area contributed by atoms with Crippen LogP contribution in [0.15, 0.2) is 18.2 Å². The van der Waals surface area contributed by atoms with Crippen molar-refractivity contribution in [2.24, 2.45) is 0 Å². The van der Waals surface area contributed by atoms with Crippen LogP contribution < -0.4 is 10.2 Å². The quantitative estimate of drug-likeness (QED) is 0.753. The van der Waals surface area contributed by atoms with Gasteiger partial charge in [0.15, 0.2) is 0 Å². The molecule has 2 rings (SSSR count). The van der Waals surface area contributed by atoms with E-state index in [1.165, 1.54) is 42.6 Å². The van der Waals surface area contributed by atoms with Gasteiger partial charge in [0, 0.05) is 19.3 Å². The summed E-state index contributed by atoms with van der Waals surface area (Å²) in [7, 11) is 4.19. The van der Waals surface area contributed by atoms with Crippen molar-refractivity contribution in [2.75, 3.05) is 32.1 Å². The van der Waals surface area contributed by atoms with Crippen LogP contribution >= 0.6 is 0 Å². The van der Waals surface area contributed by atoms with E-state index in [-0.39, 0.29) is 0 Å². The summed E-state index contributed by atoms with van der Waals surface area (Å²) in [4.78, 5) is 2.36. The fourth-order valence-electron chi connectivity index (χ4n) is 2.21. The van der Waals surface area contributed by atoms with Gasteiger partial charge in [0.2, 0.25) is 0 Å². The smallest absolute Gasteiger partial charge is 0.0399 e. The number of hydrogen-bond donors (Lipinski definition) is 1. The number of aryl methyl sites for hydroxylation is 1. The van der Waals surface area contributed by atoms with Crippen LogP contribution in [0.3, 0.4) is 0 Å². The van der Waals surface area contributed by atoms with Gasteiger partial charge in [-0.2, -0.15) is 0 Å². The van der Waals surface area contributed by atoms with E-state index in [9.17, 15) is 0 Å². The summed E-state index contributed by atoms with van der Waals surface area (Å²) in [6.07, 6.45) is 3.61. The van der Waals surface area contributed by atoms with E-state index in [2.05, 4.69) is 35.5 Å². The first-order valence-corrected chi connectivity index (χ1v) is 5.79. The lowest BCUT2D eigenvalue weighted by Gasteiger charge is -2.13. The van der Waals surface area contributed by atoms with Gasteiger partial charge in [0.05, 0.1) is 0 Å². The summed E-state index contributed by atoms with van der Waals surface area (Å²) in [5.41, 5.74) is 4.42. The monoisotopic (exact) mass is 204 g/mol. The van der Waals surface area contributed by atoms with Gasteiger partial charge in [-0.3, -0.25) is 0 Å². The lowest BCUT2D eigenvalue weighted by molar-refractivity contribution is 0.725. The molecule has 1 N–H and O–H groups in total. The second-order valence-corrected chi connectivity index (χ2v) is 4.34. The second-order valence-electron chi connectivity index (χ2n) is 4.34. The first-order chi connectivity index (χ1) is 7.31. The Kier molecular flexibility index (Phi) is 3.27. The Labute approximate surface area is 92.3 Å². The number of benzene rings is 1. The molecule has 0 amide bonds. The minimum absolute atomic E-state index is 1.10. The predicted octanol–water partition coefficient (Wildman–Crippen LogP) is 1.83. The Morgan fingerprint density at radius 3 is 3.07 bits per heavy atom. The maximum absolute atomic E-state index is 3.19. The van der Waals surface area contributed by atoms with Gasteiger partial charge in [-0.05, 0) is 50.0 Å². The number of likely N-dealkylation sites (N-methyl/N-ethyl adjacent to an activating group) is 1. The molecule has 0 aliphatic carbocycles. The minimum Gasteiger partial charge on any atom is -0.374 e. The number of nitrogens with one attached hydrogen (secondary N) is 1. The van der Waals surface area contributed by atoms with Crippen LogP contribution in [0.2, 0.25) is 0 Å². The van der Waals surface area contributed by atoms with E-state index in [0.717, 1.165) is 6.54 Å². The lowest BCUT2D eigenvalue weighted by Crippen LogP contribution is -2.12. The lowest BCUT2D eigenvalue weighted by atomic mass is 10.1. The average Bonchev–Trinajstić information content (AvgIpc) is 2.61. The molecular formula is C13H20N2. The van der Waals surface area contributed by atoms with Gasteiger partial charge in [0.25, 0.3) is 0 Å². The Morgan fingerprint density at radius 2 is 2.27 bits per heavy atom. The molecule has 0 fully saturated rings. The molecule has 1 aliphatic rings. The van der Waals surface area contributed by atoms with Crippen LogP contribution in [0.5, 0.6) is 0 Å². The van der Waals surface area contributed by atoms with Crippen molar-refractivity contribution in [3.8, 4) is 0 Å². The van der Waals surface area contributed by atoms with Crippen molar-refractivity contribution in [3.63, 3.8) is 0 Å². The topological polar surface area (TPSA) is 15.3 Å². The summed E-state index contributed by atoms with van der Waals surface area (Å²) in [5, 5.41) is 3.19. The molecule has 0 saturated carbocycles. The van der Waals surface area contributed by atoms with E-state index in [1.54, 1.807) is 0 Å². The summed E-state index contributed by atoms with van der Waals surface area (Å²) in [5.74, 6) is 0. The van der Waals surface area contributed by atoms with E-state index in [4.69, 9.17) is 0 Å². The van der Waals surface area contributed by atoms with E-state index >= 15 is 0 Å². The fraction of sp³-hybridized carbons (Fsp3) is 0.538. The third kappa shape index (κ3) is 2.32. The van der Waals surface area contributed by atoms with E-state index in [0.29, 0.717) is 0 Å². The third-order valence-corrected chi connectivity index (χ3v) is 3.17. The van der Waals surface area contributed by atoms with Crippen molar-refractivity contribution in [1.82, 2.24) is 5.32 Å². The zero-order chi connectivity index (χ0) is 10.7. The molecule has 1 aliphatic heterocycles. The van der Waals surface area contributed by atoms with Crippen LogP contribution in [0.1, 0.15) is 17.5 Å². The molecular weight excluding hydrogens is 184 g/mol. The highest BCUT2D eigenvalue weighted by molar-refractivity contribution is 5.58. The Morgan fingerprint density at radius 1 is 1.40 bits per heavy atom. The van der Waals surface area contributed by atoms with E-state index < -0.39 is 0 Å². The van der Waals surface area contributed by atoms with Crippen LogP contribution in [-0.4, -0.2) is 27.2 Å². The number of anilines is 1. The molecule has 1 aromatic carbocycles. The highest BCUT2D eigenvalue weighted by Gasteiger charge is 2.15. The number of fused-ring (bicyclic) bond motifs is 1.